The van der Waals surface area contributed by atoms with Crippen LogP contribution in [0.15, 0.2) is 27.4 Å². The molecule has 0 bridgehead atoms. The molecule has 17 heavy (non-hydrogen) atoms. The Balaban J connectivity index is 2.36. The van der Waals surface area contributed by atoms with E-state index >= 15 is 0 Å². The van der Waals surface area contributed by atoms with Crippen LogP contribution in [0.4, 0.5) is 6.01 Å². The van der Waals surface area contributed by atoms with Crippen LogP contribution in [0.1, 0.15) is 25.3 Å². The van der Waals surface area contributed by atoms with Crippen molar-refractivity contribution in [2.45, 2.75) is 26.7 Å². The number of unbranched alkanes of at least 4 members (excludes halogenated alkanes) is 1. The van der Waals surface area contributed by atoms with Crippen LogP contribution in [-0.2, 0) is 0 Å². The first-order valence-corrected chi connectivity index (χ1v) is 5.86. The fraction of sp³-hybridized carbons (Fsp3) is 0.385. The highest BCUT2D eigenvalue weighted by Gasteiger charge is 2.05. The summed E-state index contributed by atoms with van der Waals surface area (Å²) in [4.78, 5) is 16.0. The third-order valence-corrected chi connectivity index (χ3v) is 2.59. The average Bonchev–Trinajstić information content (AvgIpc) is 2.28. The van der Waals surface area contributed by atoms with E-state index in [-0.39, 0.29) is 5.63 Å². The van der Waals surface area contributed by atoms with Gasteiger partial charge in [-0.25, -0.2) is 4.79 Å². The van der Waals surface area contributed by atoms with Gasteiger partial charge in [0.05, 0.1) is 10.9 Å². The van der Waals surface area contributed by atoms with Crippen molar-refractivity contribution < 1.29 is 4.42 Å². The quantitative estimate of drug-likeness (QED) is 0.823. The molecule has 0 spiro atoms. The van der Waals surface area contributed by atoms with Gasteiger partial charge in [0.15, 0.2) is 0 Å². The van der Waals surface area contributed by atoms with Crippen molar-refractivity contribution in [3.8, 4) is 0 Å². The van der Waals surface area contributed by atoms with Crippen LogP contribution in [0.2, 0.25) is 0 Å². The van der Waals surface area contributed by atoms with Gasteiger partial charge in [0.1, 0.15) is 0 Å². The van der Waals surface area contributed by atoms with E-state index in [9.17, 15) is 4.79 Å². The number of aryl methyl sites for hydroxylation is 1. The normalized spacial score (nSPS) is 10.7. The minimum absolute atomic E-state index is 0.307. The molecule has 0 saturated heterocycles. The lowest BCUT2D eigenvalue weighted by atomic mass is 10.2. The van der Waals surface area contributed by atoms with Gasteiger partial charge in [-0.2, -0.15) is 4.98 Å². The Hall–Kier alpha value is -1.84. The lowest BCUT2D eigenvalue weighted by Gasteiger charge is -2.04. The zero-order chi connectivity index (χ0) is 12.3. The Morgan fingerprint density at radius 1 is 1.41 bits per heavy atom. The Morgan fingerprint density at radius 2 is 2.24 bits per heavy atom. The van der Waals surface area contributed by atoms with E-state index in [2.05, 4.69) is 17.2 Å². The van der Waals surface area contributed by atoms with Gasteiger partial charge in [-0.15, -0.1) is 0 Å². The minimum Gasteiger partial charge on any atom is -0.389 e. The maximum atomic E-state index is 11.7. The highest BCUT2D eigenvalue weighted by Crippen LogP contribution is 2.12. The highest BCUT2D eigenvalue weighted by molar-refractivity contribution is 5.78. The molecule has 0 aliphatic carbocycles. The number of hydrogen-bond acceptors (Lipinski definition) is 4. The highest BCUT2D eigenvalue weighted by atomic mass is 16.4. The molecule has 0 amide bonds. The predicted molar refractivity (Wildman–Crippen MR) is 68.4 cm³/mol. The largest absolute Gasteiger partial charge is 0.389 e. The van der Waals surface area contributed by atoms with Crippen LogP contribution in [0.5, 0.6) is 0 Å². The Bertz CT molecular complexity index is 575. The van der Waals surface area contributed by atoms with Crippen LogP contribution in [0.3, 0.4) is 0 Å². The number of benzene rings is 1. The molecule has 90 valence electrons. The zero-order valence-corrected chi connectivity index (χ0v) is 10.1. The molecule has 1 N–H and O–H groups in total. The van der Waals surface area contributed by atoms with Crippen LogP contribution < -0.4 is 10.9 Å². The summed E-state index contributed by atoms with van der Waals surface area (Å²) in [5.74, 6) is 0. The number of fused-ring (bicyclic) bond motifs is 1. The summed E-state index contributed by atoms with van der Waals surface area (Å²) in [6, 6.07) is 5.82. The maximum absolute atomic E-state index is 11.7. The summed E-state index contributed by atoms with van der Waals surface area (Å²) in [7, 11) is 0. The van der Waals surface area contributed by atoms with E-state index in [0.29, 0.717) is 16.9 Å². The summed E-state index contributed by atoms with van der Waals surface area (Å²) in [6.07, 6.45) is 2.11. The summed E-state index contributed by atoms with van der Waals surface area (Å²) in [5, 5.41) is 3.54. The molecular weight excluding hydrogens is 216 g/mol. The van der Waals surface area contributed by atoms with Gasteiger partial charge >= 0.3 is 5.63 Å². The molecule has 4 nitrogen and oxygen atoms in total. The van der Waals surface area contributed by atoms with Crippen LogP contribution >= 0.6 is 0 Å². The lowest BCUT2D eigenvalue weighted by molar-refractivity contribution is 0.515. The molecule has 0 saturated carbocycles. The van der Waals surface area contributed by atoms with Crippen LogP contribution in [0.25, 0.3) is 10.9 Å². The van der Waals surface area contributed by atoms with E-state index < -0.39 is 0 Å². The molecule has 1 aromatic heterocycles. The molecule has 4 heteroatoms. The molecule has 1 heterocycles. The van der Waals surface area contributed by atoms with Gasteiger partial charge < -0.3 is 9.73 Å². The SMILES string of the molecule is CCCCNc1nc2cc(C)ccc2c(=O)o1. The second kappa shape index (κ2) is 4.99. The minimum atomic E-state index is -0.339. The molecule has 0 atom stereocenters. The molecule has 0 unspecified atom stereocenters. The molecule has 2 rings (SSSR count). The molecule has 0 aliphatic rings. The topological polar surface area (TPSA) is 55.1 Å². The van der Waals surface area contributed by atoms with Gasteiger partial charge in [0, 0.05) is 6.54 Å². The molecule has 1 aromatic carbocycles. The monoisotopic (exact) mass is 232 g/mol. The number of aromatic nitrogens is 1. The molecule has 0 radical (unpaired) electrons. The van der Waals surface area contributed by atoms with Crippen molar-refractivity contribution in [1.82, 2.24) is 4.98 Å². The second-order valence-electron chi connectivity index (χ2n) is 4.11. The van der Waals surface area contributed by atoms with Crippen molar-refractivity contribution in [3.05, 3.63) is 34.2 Å². The molecule has 0 fully saturated rings. The van der Waals surface area contributed by atoms with Crippen molar-refractivity contribution in [3.63, 3.8) is 0 Å². The Labute approximate surface area is 99.7 Å². The van der Waals surface area contributed by atoms with Gasteiger partial charge in [-0.05, 0) is 31.0 Å². The molecule has 0 aliphatic heterocycles. The predicted octanol–water partition coefficient (Wildman–Crippen LogP) is 2.71. The fourth-order valence-electron chi connectivity index (χ4n) is 1.63. The standard InChI is InChI=1S/C13H16N2O2/c1-3-4-7-14-13-15-11-8-9(2)5-6-10(11)12(16)17-13/h5-6,8H,3-4,7H2,1-2H3,(H,14,15). The van der Waals surface area contributed by atoms with Crippen molar-refractivity contribution in [2.24, 2.45) is 0 Å². The van der Waals surface area contributed by atoms with Crippen LogP contribution in [-0.4, -0.2) is 11.5 Å². The van der Waals surface area contributed by atoms with Crippen molar-refractivity contribution in [1.29, 1.82) is 0 Å². The summed E-state index contributed by atoms with van der Waals surface area (Å²) in [5.41, 5.74) is 1.42. The van der Waals surface area contributed by atoms with Gasteiger partial charge in [0.25, 0.3) is 6.01 Å². The Kier molecular flexibility index (Phi) is 3.42. The van der Waals surface area contributed by atoms with Crippen molar-refractivity contribution >= 4 is 16.9 Å². The van der Waals surface area contributed by atoms with E-state index in [1.54, 1.807) is 6.07 Å². The number of nitrogens with zero attached hydrogens (tertiary/aromatic N) is 1. The first kappa shape index (κ1) is 11.6. The Morgan fingerprint density at radius 3 is 3.00 bits per heavy atom. The van der Waals surface area contributed by atoms with Crippen LogP contribution in [0, 0.1) is 6.92 Å². The van der Waals surface area contributed by atoms with E-state index in [1.165, 1.54) is 0 Å². The zero-order valence-electron chi connectivity index (χ0n) is 10.1. The first-order valence-electron chi connectivity index (χ1n) is 5.86. The van der Waals surface area contributed by atoms with Crippen molar-refractivity contribution in [2.75, 3.05) is 11.9 Å². The first-order chi connectivity index (χ1) is 8.20. The van der Waals surface area contributed by atoms with Gasteiger partial charge in [-0.1, -0.05) is 19.4 Å². The van der Waals surface area contributed by atoms with E-state index in [4.69, 9.17) is 4.42 Å². The van der Waals surface area contributed by atoms with Gasteiger partial charge in [-0.3, -0.25) is 0 Å². The van der Waals surface area contributed by atoms with E-state index in [1.807, 2.05) is 19.1 Å². The fourth-order valence-corrected chi connectivity index (χ4v) is 1.63. The molecular formula is C13H16N2O2. The summed E-state index contributed by atoms with van der Waals surface area (Å²) in [6.45, 7) is 4.85. The number of nitrogens with one attached hydrogen (secondary N) is 1. The number of rotatable bonds is 4. The number of hydrogen-bond donors (Lipinski definition) is 1. The third kappa shape index (κ3) is 2.64. The summed E-state index contributed by atoms with van der Waals surface area (Å²) >= 11 is 0. The molecule has 2 aromatic rings. The number of anilines is 1. The third-order valence-electron chi connectivity index (χ3n) is 2.59. The lowest BCUT2D eigenvalue weighted by Crippen LogP contribution is -2.08. The van der Waals surface area contributed by atoms with E-state index in [0.717, 1.165) is 24.9 Å². The smallest absolute Gasteiger partial charge is 0.348 e. The summed E-state index contributed by atoms with van der Waals surface area (Å²) < 4.78 is 5.10. The second-order valence-corrected chi connectivity index (χ2v) is 4.11. The average molecular weight is 232 g/mol. The van der Waals surface area contributed by atoms with Gasteiger partial charge in [0.2, 0.25) is 0 Å². The maximum Gasteiger partial charge on any atom is 0.348 e.